The SMILES string of the molecule is Cc1ccc(-c2noc(CN(C)C(=O)[C@H](C)n3cccn3)n2)cc1F. The molecule has 1 amide bonds. The van der Waals surface area contributed by atoms with E-state index in [0.29, 0.717) is 11.1 Å². The number of hydrogen-bond acceptors (Lipinski definition) is 5. The van der Waals surface area contributed by atoms with Crippen molar-refractivity contribution in [2.24, 2.45) is 0 Å². The van der Waals surface area contributed by atoms with E-state index in [2.05, 4.69) is 15.2 Å². The van der Waals surface area contributed by atoms with Crippen molar-refractivity contribution in [1.82, 2.24) is 24.8 Å². The van der Waals surface area contributed by atoms with Gasteiger partial charge < -0.3 is 9.42 Å². The maximum absolute atomic E-state index is 13.7. The third-order valence-corrected chi connectivity index (χ3v) is 3.93. The van der Waals surface area contributed by atoms with Crippen LogP contribution in [0.1, 0.15) is 24.4 Å². The maximum Gasteiger partial charge on any atom is 0.247 e. The monoisotopic (exact) mass is 343 g/mol. The van der Waals surface area contributed by atoms with Crippen LogP contribution in [0.3, 0.4) is 0 Å². The predicted molar refractivity (Wildman–Crippen MR) is 87.8 cm³/mol. The van der Waals surface area contributed by atoms with Crippen molar-refractivity contribution >= 4 is 5.91 Å². The second-order valence-electron chi connectivity index (χ2n) is 5.83. The minimum absolute atomic E-state index is 0.134. The van der Waals surface area contributed by atoms with Crippen LogP contribution in [0.2, 0.25) is 0 Å². The topological polar surface area (TPSA) is 77.0 Å². The average molecular weight is 343 g/mol. The van der Waals surface area contributed by atoms with Crippen LogP contribution < -0.4 is 0 Å². The summed E-state index contributed by atoms with van der Waals surface area (Å²) >= 11 is 0. The molecule has 3 rings (SSSR count). The van der Waals surface area contributed by atoms with Crippen molar-refractivity contribution in [3.63, 3.8) is 0 Å². The van der Waals surface area contributed by atoms with E-state index in [-0.39, 0.29) is 30.0 Å². The molecule has 2 aromatic heterocycles. The molecule has 0 bridgehead atoms. The Bertz CT molecular complexity index is 875. The Morgan fingerprint density at radius 3 is 2.92 bits per heavy atom. The van der Waals surface area contributed by atoms with Gasteiger partial charge >= 0.3 is 0 Å². The molecule has 1 aromatic carbocycles. The number of nitrogens with zero attached hydrogens (tertiary/aromatic N) is 5. The highest BCUT2D eigenvalue weighted by Crippen LogP contribution is 2.19. The van der Waals surface area contributed by atoms with Crippen molar-refractivity contribution in [1.29, 1.82) is 0 Å². The summed E-state index contributed by atoms with van der Waals surface area (Å²) in [7, 11) is 1.65. The van der Waals surface area contributed by atoms with Crippen LogP contribution >= 0.6 is 0 Å². The minimum Gasteiger partial charge on any atom is -0.337 e. The lowest BCUT2D eigenvalue weighted by molar-refractivity contribution is -0.134. The number of aromatic nitrogens is 4. The first-order chi connectivity index (χ1) is 12.0. The van der Waals surface area contributed by atoms with E-state index >= 15 is 0 Å². The van der Waals surface area contributed by atoms with Crippen molar-refractivity contribution in [2.45, 2.75) is 26.4 Å². The van der Waals surface area contributed by atoms with Crippen LogP contribution in [-0.4, -0.2) is 37.8 Å². The molecule has 1 atom stereocenters. The number of carbonyl (C=O) groups is 1. The molecule has 0 saturated carbocycles. The molecule has 3 aromatic rings. The quantitative estimate of drug-likeness (QED) is 0.712. The molecule has 0 aliphatic carbocycles. The molecule has 0 unspecified atom stereocenters. The van der Waals surface area contributed by atoms with E-state index < -0.39 is 6.04 Å². The average Bonchev–Trinajstić information content (AvgIpc) is 3.27. The van der Waals surface area contributed by atoms with Crippen LogP contribution in [0.4, 0.5) is 4.39 Å². The fourth-order valence-electron chi connectivity index (χ4n) is 2.39. The lowest BCUT2D eigenvalue weighted by Crippen LogP contribution is -2.33. The zero-order chi connectivity index (χ0) is 18.0. The van der Waals surface area contributed by atoms with Gasteiger partial charge in [-0.1, -0.05) is 17.3 Å². The Morgan fingerprint density at radius 1 is 1.44 bits per heavy atom. The van der Waals surface area contributed by atoms with Gasteiger partial charge in [0.1, 0.15) is 11.9 Å². The molecule has 8 heteroatoms. The van der Waals surface area contributed by atoms with E-state index in [1.807, 2.05) is 0 Å². The first-order valence-electron chi connectivity index (χ1n) is 7.79. The van der Waals surface area contributed by atoms with Gasteiger partial charge in [-0.2, -0.15) is 10.1 Å². The number of aryl methyl sites for hydroxylation is 1. The Balaban J connectivity index is 1.70. The zero-order valence-electron chi connectivity index (χ0n) is 14.2. The number of halogens is 1. The van der Waals surface area contributed by atoms with Gasteiger partial charge in [-0.05, 0) is 31.5 Å². The fraction of sp³-hybridized carbons (Fsp3) is 0.294. The summed E-state index contributed by atoms with van der Waals surface area (Å²) in [6, 6.07) is 6.06. The van der Waals surface area contributed by atoms with E-state index in [0.717, 1.165) is 0 Å². The van der Waals surface area contributed by atoms with Crippen LogP contribution in [0.15, 0.2) is 41.2 Å². The normalized spacial score (nSPS) is 12.2. The summed E-state index contributed by atoms with van der Waals surface area (Å²) in [5.74, 6) is 0.100. The highest BCUT2D eigenvalue weighted by Gasteiger charge is 2.21. The van der Waals surface area contributed by atoms with Crippen LogP contribution in [0.25, 0.3) is 11.4 Å². The molecular formula is C17H18FN5O2. The van der Waals surface area contributed by atoms with Gasteiger partial charge in [-0.3, -0.25) is 9.48 Å². The standard InChI is InChI=1S/C17H18FN5O2/c1-11-5-6-13(9-14(11)18)16-20-15(25-21-16)10-22(3)17(24)12(2)23-8-4-7-19-23/h4-9,12H,10H2,1-3H3/t12-/m0/s1. The third-order valence-electron chi connectivity index (χ3n) is 3.93. The lowest BCUT2D eigenvalue weighted by atomic mass is 10.1. The summed E-state index contributed by atoms with van der Waals surface area (Å²) in [5, 5.41) is 7.92. The Labute approximate surface area is 144 Å². The summed E-state index contributed by atoms with van der Waals surface area (Å²) in [6.45, 7) is 3.61. The highest BCUT2D eigenvalue weighted by atomic mass is 19.1. The Morgan fingerprint density at radius 2 is 2.24 bits per heavy atom. The second-order valence-corrected chi connectivity index (χ2v) is 5.83. The first kappa shape index (κ1) is 16.8. The predicted octanol–water partition coefficient (Wildman–Crippen LogP) is 2.60. The zero-order valence-corrected chi connectivity index (χ0v) is 14.2. The number of likely N-dealkylation sites (N-methyl/N-ethyl adjacent to an activating group) is 1. The number of carbonyl (C=O) groups excluding carboxylic acids is 1. The maximum atomic E-state index is 13.7. The van der Waals surface area contributed by atoms with E-state index in [9.17, 15) is 9.18 Å². The van der Waals surface area contributed by atoms with Gasteiger partial charge in [0.25, 0.3) is 0 Å². The molecule has 0 fully saturated rings. The molecule has 0 N–H and O–H groups in total. The van der Waals surface area contributed by atoms with Gasteiger partial charge in [0.05, 0.1) is 6.54 Å². The van der Waals surface area contributed by atoms with Gasteiger partial charge in [0.2, 0.25) is 17.6 Å². The number of rotatable bonds is 5. The molecular weight excluding hydrogens is 325 g/mol. The van der Waals surface area contributed by atoms with Crippen molar-refractivity contribution in [3.8, 4) is 11.4 Å². The largest absolute Gasteiger partial charge is 0.337 e. The molecule has 130 valence electrons. The molecule has 0 radical (unpaired) electrons. The Hall–Kier alpha value is -3.03. The molecule has 25 heavy (non-hydrogen) atoms. The van der Waals surface area contributed by atoms with Crippen molar-refractivity contribution in [3.05, 3.63) is 53.9 Å². The summed E-state index contributed by atoms with van der Waals surface area (Å²) in [4.78, 5) is 18.2. The highest BCUT2D eigenvalue weighted by molar-refractivity contribution is 5.79. The first-order valence-corrected chi connectivity index (χ1v) is 7.79. The summed E-state index contributed by atoms with van der Waals surface area (Å²) < 4.78 is 20.4. The van der Waals surface area contributed by atoms with Gasteiger partial charge in [-0.15, -0.1) is 0 Å². The van der Waals surface area contributed by atoms with E-state index in [1.165, 1.54) is 11.0 Å². The molecule has 0 spiro atoms. The molecule has 0 saturated heterocycles. The number of benzene rings is 1. The van der Waals surface area contributed by atoms with Crippen LogP contribution in [-0.2, 0) is 11.3 Å². The van der Waals surface area contributed by atoms with Gasteiger partial charge in [0.15, 0.2) is 0 Å². The lowest BCUT2D eigenvalue weighted by Gasteiger charge is -2.19. The minimum atomic E-state index is -0.436. The summed E-state index contributed by atoms with van der Waals surface area (Å²) in [6.07, 6.45) is 3.35. The second kappa shape index (κ2) is 6.84. The molecule has 0 aliphatic heterocycles. The number of amides is 1. The number of hydrogen-bond donors (Lipinski definition) is 0. The summed E-state index contributed by atoms with van der Waals surface area (Å²) in [5.41, 5.74) is 1.07. The van der Waals surface area contributed by atoms with Crippen LogP contribution in [0, 0.1) is 12.7 Å². The molecule has 7 nitrogen and oxygen atoms in total. The third kappa shape index (κ3) is 3.57. The van der Waals surface area contributed by atoms with Crippen LogP contribution in [0.5, 0.6) is 0 Å². The molecule has 2 heterocycles. The smallest absolute Gasteiger partial charge is 0.247 e. The van der Waals surface area contributed by atoms with Crippen molar-refractivity contribution in [2.75, 3.05) is 7.05 Å². The van der Waals surface area contributed by atoms with Gasteiger partial charge in [0, 0.05) is 25.0 Å². The van der Waals surface area contributed by atoms with E-state index in [1.54, 1.807) is 56.2 Å². The van der Waals surface area contributed by atoms with E-state index in [4.69, 9.17) is 4.52 Å². The Kier molecular flexibility index (Phi) is 4.60. The van der Waals surface area contributed by atoms with Crippen molar-refractivity contribution < 1.29 is 13.7 Å². The molecule has 0 aliphatic rings. The van der Waals surface area contributed by atoms with Gasteiger partial charge in [-0.25, -0.2) is 4.39 Å². The fourth-order valence-corrected chi connectivity index (χ4v) is 2.39.